The van der Waals surface area contributed by atoms with Crippen molar-refractivity contribution >= 4 is 5.78 Å². The number of hydrogen-bond donors (Lipinski definition) is 0. The van der Waals surface area contributed by atoms with Gasteiger partial charge in [0.05, 0.1) is 6.10 Å². The van der Waals surface area contributed by atoms with E-state index in [0.29, 0.717) is 12.5 Å². The summed E-state index contributed by atoms with van der Waals surface area (Å²) in [4.78, 5) is 12.0. The van der Waals surface area contributed by atoms with Gasteiger partial charge in [0.25, 0.3) is 0 Å². The normalized spacial score (nSPS) is 15.7. The maximum atomic E-state index is 12.0. The van der Waals surface area contributed by atoms with Gasteiger partial charge in [-0.15, -0.1) is 0 Å². The van der Waals surface area contributed by atoms with Gasteiger partial charge >= 0.3 is 0 Å². The highest BCUT2D eigenvalue weighted by Gasteiger charge is 2.18. The van der Waals surface area contributed by atoms with E-state index in [-0.39, 0.29) is 5.78 Å². The number of carbonyl (C=O) groups excluding carboxylic acids is 1. The molecule has 104 valence electrons. The van der Waals surface area contributed by atoms with E-state index in [1.54, 1.807) is 0 Å². The van der Waals surface area contributed by atoms with E-state index in [4.69, 9.17) is 4.74 Å². The molecule has 0 heterocycles. The summed E-state index contributed by atoms with van der Waals surface area (Å²) in [5.74, 6) is 1.20. The molecule has 0 radical (unpaired) electrons. The third-order valence-corrected chi connectivity index (χ3v) is 3.90. The standard InChI is InChI=1S/C17H24O2/c1-4-7-16(18)15-10-13(3)17(11-12(15)2)19-14-8-5-6-9-14/h10-11,14H,4-9H2,1-3H3. The number of ether oxygens (including phenoxy) is 1. The first-order valence-corrected chi connectivity index (χ1v) is 7.43. The van der Waals surface area contributed by atoms with E-state index in [0.717, 1.165) is 41.7 Å². The molecule has 0 N–H and O–H groups in total. The van der Waals surface area contributed by atoms with E-state index in [1.165, 1.54) is 12.8 Å². The minimum atomic E-state index is 0.246. The minimum Gasteiger partial charge on any atom is -0.490 e. The van der Waals surface area contributed by atoms with Crippen LogP contribution >= 0.6 is 0 Å². The Morgan fingerprint density at radius 2 is 1.89 bits per heavy atom. The Morgan fingerprint density at radius 3 is 2.53 bits per heavy atom. The number of carbonyl (C=O) groups is 1. The molecule has 0 atom stereocenters. The van der Waals surface area contributed by atoms with E-state index in [1.807, 2.05) is 32.9 Å². The van der Waals surface area contributed by atoms with Gasteiger partial charge in [-0.1, -0.05) is 6.92 Å². The number of rotatable bonds is 5. The molecule has 0 unspecified atom stereocenters. The van der Waals surface area contributed by atoms with Crippen molar-refractivity contribution in [3.05, 3.63) is 28.8 Å². The first-order valence-electron chi connectivity index (χ1n) is 7.43. The number of aryl methyl sites for hydroxylation is 2. The molecule has 1 aliphatic rings. The molecule has 2 nitrogen and oxygen atoms in total. The molecule has 0 amide bonds. The Morgan fingerprint density at radius 1 is 1.21 bits per heavy atom. The zero-order chi connectivity index (χ0) is 13.8. The number of Topliss-reactive ketones (excluding diaryl/α,β-unsaturated/α-hetero) is 1. The summed E-state index contributed by atoms with van der Waals surface area (Å²) >= 11 is 0. The minimum absolute atomic E-state index is 0.246. The molecule has 1 aromatic carbocycles. The highest BCUT2D eigenvalue weighted by atomic mass is 16.5. The Balaban J connectivity index is 2.18. The lowest BCUT2D eigenvalue weighted by molar-refractivity contribution is 0.0981. The van der Waals surface area contributed by atoms with Gasteiger partial charge in [0.2, 0.25) is 0 Å². The van der Waals surface area contributed by atoms with Crippen molar-refractivity contribution in [3.63, 3.8) is 0 Å². The molecule has 2 heteroatoms. The van der Waals surface area contributed by atoms with Gasteiger partial charge in [-0.2, -0.15) is 0 Å². The van der Waals surface area contributed by atoms with E-state index in [2.05, 4.69) is 0 Å². The third kappa shape index (κ3) is 3.37. The van der Waals surface area contributed by atoms with Crippen molar-refractivity contribution in [1.29, 1.82) is 0 Å². The van der Waals surface area contributed by atoms with Crippen LogP contribution in [0.3, 0.4) is 0 Å². The molecule has 19 heavy (non-hydrogen) atoms. The van der Waals surface area contributed by atoms with Gasteiger partial charge in [-0.25, -0.2) is 0 Å². The van der Waals surface area contributed by atoms with Gasteiger partial charge in [-0.05, 0) is 69.2 Å². The summed E-state index contributed by atoms with van der Waals surface area (Å²) in [6, 6.07) is 4.04. The van der Waals surface area contributed by atoms with Crippen LogP contribution in [0.4, 0.5) is 0 Å². The lowest BCUT2D eigenvalue weighted by atomic mass is 9.99. The number of ketones is 1. The Hall–Kier alpha value is -1.31. The lowest BCUT2D eigenvalue weighted by Crippen LogP contribution is -2.12. The van der Waals surface area contributed by atoms with Crippen LogP contribution in [0.15, 0.2) is 12.1 Å². The fourth-order valence-corrected chi connectivity index (χ4v) is 2.76. The van der Waals surface area contributed by atoms with E-state index < -0.39 is 0 Å². The summed E-state index contributed by atoms with van der Waals surface area (Å²) in [6.45, 7) is 6.08. The predicted octanol–water partition coefficient (Wildman–Crippen LogP) is 4.61. The maximum absolute atomic E-state index is 12.0. The smallest absolute Gasteiger partial charge is 0.163 e. The Bertz CT molecular complexity index is 457. The monoisotopic (exact) mass is 260 g/mol. The molecular formula is C17H24O2. The molecule has 1 fully saturated rings. The molecule has 1 aromatic rings. The second-order valence-electron chi connectivity index (χ2n) is 5.63. The molecular weight excluding hydrogens is 236 g/mol. The van der Waals surface area contributed by atoms with Crippen LogP contribution in [0.2, 0.25) is 0 Å². The van der Waals surface area contributed by atoms with Crippen molar-refractivity contribution in [2.24, 2.45) is 0 Å². The van der Waals surface area contributed by atoms with Crippen molar-refractivity contribution < 1.29 is 9.53 Å². The summed E-state index contributed by atoms with van der Waals surface area (Å²) in [5.41, 5.74) is 2.98. The first kappa shape index (κ1) is 14.1. The van der Waals surface area contributed by atoms with Crippen molar-refractivity contribution in [3.8, 4) is 5.75 Å². The SMILES string of the molecule is CCCC(=O)c1cc(C)c(OC2CCCC2)cc1C. The Labute approximate surface area is 116 Å². The molecule has 1 saturated carbocycles. The largest absolute Gasteiger partial charge is 0.490 e. The number of benzene rings is 1. The van der Waals surface area contributed by atoms with Crippen LogP contribution in [0.1, 0.15) is 66.9 Å². The van der Waals surface area contributed by atoms with Crippen LogP contribution in [0.5, 0.6) is 5.75 Å². The highest BCUT2D eigenvalue weighted by Crippen LogP contribution is 2.29. The van der Waals surface area contributed by atoms with Crippen LogP contribution in [0.25, 0.3) is 0 Å². The zero-order valence-corrected chi connectivity index (χ0v) is 12.3. The molecule has 1 aliphatic carbocycles. The van der Waals surface area contributed by atoms with Crippen LogP contribution in [-0.4, -0.2) is 11.9 Å². The van der Waals surface area contributed by atoms with Gasteiger partial charge in [-0.3, -0.25) is 4.79 Å². The van der Waals surface area contributed by atoms with Gasteiger partial charge < -0.3 is 4.74 Å². The maximum Gasteiger partial charge on any atom is 0.163 e. The summed E-state index contributed by atoms with van der Waals surface area (Å²) in [7, 11) is 0. The average Bonchev–Trinajstić information content (AvgIpc) is 2.86. The van der Waals surface area contributed by atoms with Gasteiger partial charge in [0.15, 0.2) is 5.78 Å². The molecule has 0 spiro atoms. The van der Waals surface area contributed by atoms with Gasteiger partial charge in [0, 0.05) is 12.0 Å². The summed E-state index contributed by atoms with van der Waals surface area (Å²) in [6.07, 6.45) is 6.77. The van der Waals surface area contributed by atoms with Crippen molar-refractivity contribution in [2.75, 3.05) is 0 Å². The van der Waals surface area contributed by atoms with Crippen molar-refractivity contribution in [2.45, 2.75) is 65.4 Å². The quantitative estimate of drug-likeness (QED) is 0.723. The van der Waals surface area contributed by atoms with Crippen molar-refractivity contribution in [1.82, 2.24) is 0 Å². The first-order chi connectivity index (χ1) is 9.11. The molecule has 0 bridgehead atoms. The van der Waals surface area contributed by atoms with E-state index in [9.17, 15) is 4.79 Å². The lowest BCUT2D eigenvalue weighted by Gasteiger charge is -2.17. The summed E-state index contributed by atoms with van der Waals surface area (Å²) < 4.78 is 6.07. The molecule has 0 aliphatic heterocycles. The molecule has 0 saturated heterocycles. The average molecular weight is 260 g/mol. The Kier molecular flexibility index (Phi) is 4.62. The third-order valence-electron chi connectivity index (χ3n) is 3.90. The second-order valence-corrected chi connectivity index (χ2v) is 5.63. The topological polar surface area (TPSA) is 26.3 Å². The summed E-state index contributed by atoms with van der Waals surface area (Å²) in [5, 5.41) is 0. The highest BCUT2D eigenvalue weighted by molar-refractivity contribution is 5.97. The van der Waals surface area contributed by atoms with Gasteiger partial charge in [0.1, 0.15) is 5.75 Å². The van der Waals surface area contributed by atoms with E-state index >= 15 is 0 Å². The van der Waals surface area contributed by atoms with Crippen LogP contribution in [-0.2, 0) is 0 Å². The zero-order valence-electron chi connectivity index (χ0n) is 12.3. The number of hydrogen-bond acceptors (Lipinski definition) is 2. The van der Waals surface area contributed by atoms with Crippen LogP contribution < -0.4 is 4.74 Å². The fraction of sp³-hybridized carbons (Fsp3) is 0.588. The molecule has 0 aromatic heterocycles. The molecule has 2 rings (SSSR count). The fourth-order valence-electron chi connectivity index (χ4n) is 2.76. The van der Waals surface area contributed by atoms with Crippen LogP contribution in [0, 0.1) is 13.8 Å². The second kappa shape index (κ2) is 6.23. The predicted molar refractivity (Wildman–Crippen MR) is 78.0 cm³/mol.